The number of para-hydroxylation sites is 2. The SMILES string of the molecule is CN1CCOC2(CCN(C(=O)Cc3nc4ccccc4[nH]3)CC2)C1. The van der Waals surface area contributed by atoms with Gasteiger partial charge in [-0.15, -0.1) is 0 Å². The van der Waals surface area contributed by atoms with Crippen LogP contribution in [0.25, 0.3) is 11.0 Å². The van der Waals surface area contributed by atoms with Gasteiger partial charge in [-0.3, -0.25) is 4.79 Å². The molecule has 0 unspecified atom stereocenters. The number of H-pyrrole nitrogens is 1. The highest BCUT2D eigenvalue weighted by atomic mass is 16.5. The zero-order chi connectivity index (χ0) is 16.6. The molecule has 1 spiro atoms. The van der Waals surface area contributed by atoms with Crippen molar-refractivity contribution in [3.63, 3.8) is 0 Å². The summed E-state index contributed by atoms with van der Waals surface area (Å²) >= 11 is 0. The van der Waals surface area contributed by atoms with Gasteiger partial charge in [0.25, 0.3) is 0 Å². The lowest BCUT2D eigenvalue weighted by Crippen LogP contribution is -2.56. The maximum absolute atomic E-state index is 12.6. The van der Waals surface area contributed by atoms with E-state index < -0.39 is 0 Å². The molecule has 0 bridgehead atoms. The summed E-state index contributed by atoms with van der Waals surface area (Å²) < 4.78 is 6.06. The molecule has 1 amide bonds. The molecule has 2 aliphatic rings. The first-order chi connectivity index (χ1) is 11.6. The van der Waals surface area contributed by atoms with Crippen molar-refractivity contribution in [3.05, 3.63) is 30.1 Å². The summed E-state index contributed by atoms with van der Waals surface area (Å²) in [5, 5.41) is 0. The number of rotatable bonds is 2. The van der Waals surface area contributed by atoms with E-state index in [2.05, 4.69) is 21.9 Å². The minimum atomic E-state index is -0.0524. The molecule has 128 valence electrons. The van der Waals surface area contributed by atoms with Gasteiger partial charge in [0, 0.05) is 26.2 Å². The molecule has 6 nitrogen and oxygen atoms in total. The summed E-state index contributed by atoms with van der Waals surface area (Å²) in [5.41, 5.74) is 1.84. The van der Waals surface area contributed by atoms with Crippen LogP contribution in [0.3, 0.4) is 0 Å². The van der Waals surface area contributed by atoms with E-state index in [9.17, 15) is 4.79 Å². The highest BCUT2D eigenvalue weighted by molar-refractivity contribution is 5.80. The number of benzene rings is 1. The Morgan fingerprint density at radius 3 is 2.83 bits per heavy atom. The fourth-order valence-electron chi connectivity index (χ4n) is 3.85. The van der Waals surface area contributed by atoms with Crippen molar-refractivity contribution in [2.24, 2.45) is 0 Å². The number of ether oxygens (including phenoxy) is 1. The van der Waals surface area contributed by atoms with Gasteiger partial charge in [0.05, 0.1) is 29.7 Å². The molecule has 3 heterocycles. The van der Waals surface area contributed by atoms with Crippen LogP contribution in [-0.2, 0) is 16.0 Å². The summed E-state index contributed by atoms with van der Waals surface area (Å²) in [6.45, 7) is 4.30. The Balaban J connectivity index is 1.37. The van der Waals surface area contributed by atoms with E-state index in [1.807, 2.05) is 29.2 Å². The Kier molecular flexibility index (Phi) is 4.02. The van der Waals surface area contributed by atoms with E-state index in [-0.39, 0.29) is 11.5 Å². The van der Waals surface area contributed by atoms with Crippen molar-refractivity contribution in [2.45, 2.75) is 24.9 Å². The highest BCUT2D eigenvalue weighted by Gasteiger charge is 2.39. The summed E-state index contributed by atoms with van der Waals surface area (Å²) in [5.74, 6) is 0.892. The van der Waals surface area contributed by atoms with Gasteiger partial charge in [0.2, 0.25) is 5.91 Å². The lowest BCUT2D eigenvalue weighted by molar-refractivity contribution is -0.147. The Morgan fingerprint density at radius 2 is 2.08 bits per heavy atom. The number of likely N-dealkylation sites (tertiary alicyclic amines) is 1. The monoisotopic (exact) mass is 328 g/mol. The first-order valence-corrected chi connectivity index (χ1v) is 8.67. The van der Waals surface area contributed by atoms with Crippen LogP contribution in [-0.4, -0.2) is 71.1 Å². The van der Waals surface area contributed by atoms with Gasteiger partial charge in [-0.25, -0.2) is 4.98 Å². The number of aromatic nitrogens is 2. The predicted molar refractivity (Wildman–Crippen MR) is 91.8 cm³/mol. The van der Waals surface area contributed by atoms with Gasteiger partial charge in [0.1, 0.15) is 5.82 Å². The number of morpholine rings is 1. The second-order valence-corrected chi connectivity index (χ2v) is 7.03. The standard InChI is InChI=1S/C18H24N4O2/c1-21-10-11-24-18(13-21)6-8-22(9-7-18)17(23)12-16-19-14-4-2-3-5-15(14)20-16/h2-5H,6-13H2,1H3,(H,19,20). The minimum Gasteiger partial charge on any atom is -0.372 e. The molecule has 2 aliphatic heterocycles. The van der Waals surface area contributed by atoms with Crippen LogP contribution in [0.4, 0.5) is 0 Å². The highest BCUT2D eigenvalue weighted by Crippen LogP contribution is 2.29. The molecule has 6 heteroatoms. The van der Waals surface area contributed by atoms with E-state index in [0.29, 0.717) is 6.42 Å². The number of hydrogen-bond acceptors (Lipinski definition) is 4. The fraction of sp³-hybridized carbons (Fsp3) is 0.556. The van der Waals surface area contributed by atoms with Crippen molar-refractivity contribution in [1.82, 2.24) is 19.8 Å². The van der Waals surface area contributed by atoms with E-state index in [1.54, 1.807) is 0 Å². The van der Waals surface area contributed by atoms with Gasteiger partial charge in [-0.2, -0.15) is 0 Å². The van der Waals surface area contributed by atoms with Crippen LogP contribution in [0.5, 0.6) is 0 Å². The van der Waals surface area contributed by atoms with Crippen LogP contribution < -0.4 is 0 Å². The molecule has 0 saturated carbocycles. The summed E-state index contributed by atoms with van der Waals surface area (Å²) in [4.78, 5) is 24.6. The molecule has 2 fully saturated rings. The average Bonchev–Trinajstić information content (AvgIpc) is 2.97. The third-order valence-electron chi connectivity index (χ3n) is 5.22. The normalized spacial score (nSPS) is 21.5. The summed E-state index contributed by atoms with van der Waals surface area (Å²) in [6.07, 6.45) is 2.18. The van der Waals surface area contributed by atoms with Crippen molar-refractivity contribution in [3.8, 4) is 0 Å². The fourth-order valence-corrected chi connectivity index (χ4v) is 3.85. The van der Waals surface area contributed by atoms with Crippen molar-refractivity contribution < 1.29 is 9.53 Å². The van der Waals surface area contributed by atoms with Crippen LogP contribution in [0, 0.1) is 0 Å². The van der Waals surface area contributed by atoms with Crippen molar-refractivity contribution in [1.29, 1.82) is 0 Å². The molecule has 2 saturated heterocycles. The number of piperidine rings is 1. The number of nitrogens with zero attached hydrogens (tertiary/aromatic N) is 3. The van der Waals surface area contributed by atoms with E-state index in [4.69, 9.17) is 4.74 Å². The molecule has 1 N–H and O–H groups in total. The molecule has 0 atom stereocenters. The van der Waals surface area contributed by atoms with E-state index >= 15 is 0 Å². The number of hydrogen-bond donors (Lipinski definition) is 1. The van der Waals surface area contributed by atoms with Crippen LogP contribution in [0.15, 0.2) is 24.3 Å². The lowest BCUT2D eigenvalue weighted by atomic mass is 9.89. The zero-order valence-corrected chi connectivity index (χ0v) is 14.1. The number of fused-ring (bicyclic) bond motifs is 1. The Morgan fingerprint density at radius 1 is 1.29 bits per heavy atom. The Hall–Kier alpha value is -1.92. The number of aromatic amines is 1. The van der Waals surface area contributed by atoms with Gasteiger partial charge in [-0.1, -0.05) is 12.1 Å². The minimum absolute atomic E-state index is 0.0524. The molecule has 0 radical (unpaired) electrons. The molecular formula is C18H24N4O2. The number of imidazole rings is 1. The number of amides is 1. The summed E-state index contributed by atoms with van der Waals surface area (Å²) in [7, 11) is 2.14. The quantitative estimate of drug-likeness (QED) is 0.906. The third kappa shape index (κ3) is 3.03. The zero-order valence-electron chi connectivity index (χ0n) is 14.1. The molecule has 24 heavy (non-hydrogen) atoms. The van der Waals surface area contributed by atoms with Crippen LogP contribution in [0.2, 0.25) is 0 Å². The molecule has 2 aromatic rings. The maximum Gasteiger partial charge on any atom is 0.230 e. The van der Waals surface area contributed by atoms with E-state index in [1.165, 1.54) is 0 Å². The second-order valence-electron chi connectivity index (χ2n) is 7.03. The Labute approximate surface area is 141 Å². The van der Waals surface area contributed by atoms with Gasteiger partial charge < -0.3 is 19.5 Å². The lowest BCUT2D eigenvalue weighted by Gasteiger charge is -2.46. The first kappa shape index (κ1) is 15.6. The second kappa shape index (κ2) is 6.18. The maximum atomic E-state index is 12.6. The smallest absolute Gasteiger partial charge is 0.230 e. The van der Waals surface area contributed by atoms with Crippen LogP contribution in [0.1, 0.15) is 18.7 Å². The topological polar surface area (TPSA) is 61.5 Å². The van der Waals surface area contributed by atoms with Crippen molar-refractivity contribution >= 4 is 16.9 Å². The average molecular weight is 328 g/mol. The first-order valence-electron chi connectivity index (χ1n) is 8.67. The number of nitrogens with one attached hydrogen (secondary N) is 1. The third-order valence-corrected chi connectivity index (χ3v) is 5.22. The van der Waals surface area contributed by atoms with Crippen molar-refractivity contribution in [2.75, 3.05) is 39.8 Å². The van der Waals surface area contributed by atoms with Gasteiger partial charge in [0.15, 0.2) is 0 Å². The molecule has 1 aromatic carbocycles. The molecule has 4 rings (SSSR count). The largest absolute Gasteiger partial charge is 0.372 e. The number of carbonyl (C=O) groups is 1. The Bertz CT molecular complexity index is 700. The molecular weight excluding hydrogens is 304 g/mol. The van der Waals surface area contributed by atoms with Gasteiger partial charge >= 0.3 is 0 Å². The van der Waals surface area contributed by atoms with Crippen LogP contribution >= 0.6 is 0 Å². The number of likely N-dealkylation sites (N-methyl/N-ethyl adjacent to an activating group) is 1. The number of carbonyl (C=O) groups excluding carboxylic acids is 1. The predicted octanol–water partition coefficient (Wildman–Crippen LogP) is 1.43. The van der Waals surface area contributed by atoms with E-state index in [0.717, 1.165) is 62.5 Å². The van der Waals surface area contributed by atoms with Gasteiger partial charge in [-0.05, 0) is 32.0 Å². The molecule has 1 aromatic heterocycles. The molecule has 0 aliphatic carbocycles. The summed E-state index contributed by atoms with van der Waals surface area (Å²) in [6, 6.07) is 7.87.